The number of aliphatic carboxylic acids is 1. The molecular weight excluding hydrogens is 326 g/mol. The molecular formula is C18H19NO4S. The molecule has 0 saturated carbocycles. The summed E-state index contributed by atoms with van der Waals surface area (Å²) in [5, 5.41) is 9.21. The molecule has 1 amide bonds. The lowest BCUT2D eigenvalue weighted by molar-refractivity contribution is -0.142. The largest absolute Gasteiger partial charge is 0.481 e. The van der Waals surface area contributed by atoms with Crippen molar-refractivity contribution in [2.24, 2.45) is 11.8 Å². The Morgan fingerprint density at radius 2 is 2.00 bits per heavy atom. The molecule has 0 radical (unpaired) electrons. The van der Waals surface area contributed by atoms with E-state index in [9.17, 15) is 14.7 Å². The second-order valence-corrected chi connectivity index (χ2v) is 7.06. The van der Waals surface area contributed by atoms with E-state index >= 15 is 0 Å². The van der Waals surface area contributed by atoms with Gasteiger partial charge in [-0.3, -0.25) is 9.59 Å². The molecule has 1 aliphatic rings. The number of benzene rings is 1. The molecule has 2 heterocycles. The molecule has 3 rings (SSSR count). The van der Waals surface area contributed by atoms with Crippen LogP contribution in [-0.4, -0.2) is 35.0 Å². The molecule has 2 atom stereocenters. The smallest absolute Gasteiger partial charge is 0.308 e. The minimum atomic E-state index is -0.850. The lowest BCUT2D eigenvalue weighted by Gasteiger charge is -2.15. The molecule has 24 heavy (non-hydrogen) atoms. The van der Waals surface area contributed by atoms with Crippen LogP contribution in [0, 0.1) is 11.8 Å². The first-order valence-electron chi connectivity index (χ1n) is 7.82. The first-order valence-corrected chi connectivity index (χ1v) is 8.81. The zero-order chi connectivity index (χ0) is 17.1. The maximum atomic E-state index is 12.7. The van der Waals surface area contributed by atoms with Gasteiger partial charge in [0, 0.05) is 29.3 Å². The van der Waals surface area contributed by atoms with Gasteiger partial charge in [0.2, 0.25) is 0 Å². The average Bonchev–Trinajstić information content (AvgIpc) is 3.19. The summed E-state index contributed by atoms with van der Waals surface area (Å²) in [4.78, 5) is 26.6. The van der Waals surface area contributed by atoms with Crippen LogP contribution >= 0.6 is 11.8 Å². The van der Waals surface area contributed by atoms with Gasteiger partial charge in [-0.2, -0.15) is 0 Å². The molecule has 1 aliphatic heterocycles. The molecule has 0 unspecified atom stereocenters. The van der Waals surface area contributed by atoms with E-state index in [2.05, 4.69) is 0 Å². The van der Waals surface area contributed by atoms with Crippen molar-refractivity contribution in [3.8, 4) is 0 Å². The highest BCUT2D eigenvalue weighted by atomic mass is 32.2. The summed E-state index contributed by atoms with van der Waals surface area (Å²) in [6.45, 7) is 2.55. The Morgan fingerprint density at radius 3 is 2.67 bits per heavy atom. The maximum absolute atomic E-state index is 12.7. The van der Waals surface area contributed by atoms with Gasteiger partial charge in [0.1, 0.15) is 0 Å². The number of nitrogens with zero attached hydrogens (tertiary/aromatic N) is 1. The topological polar surface area (TPSA) is 70.8 Å². The number of carbonyl (C=O) groups is 2. The van der Waals surface area contributed by atoms with Crippen molar-refractivity contribution in [3.63, 3.8) is 0 Å². The number of hydrogen-bond acceptors (Lipinski definition) is 4. The van der Waals surface area contributed by atoms with E-state index in [0.29, 0.717) is 18.1 Å². The normalized spacial score (nSPS) is 20.3. The van der Waals surface area contributed by atoms with Crippen LogP contribution in [-0.2, 0) is 10.5 Å². The minimum Gasteiger partial charge on any atom is -0.481 e. The second kappa shape index (κ2) is 7.13. The van der Waals surface area contributed by atoms with Crippen molar-refractivity contribution < 1.29 is 19.1 Å². The molecule has 6 heteroatoms. The monoisotopic (exact) mass is 345 g/mol. The van der Waals surface area contributed by atoms with Gasteiger partial charge in [0.05, 0.1) is 12.2 Å². The third-order valence-electron chi connectivity index (χ3n) is 4.30. The quantitative estimate of drug-likeness (QED) is 0.842. The minimum absolute atomic E-state index is 0.0523. The van der Waals surface area contributed by atoms with Crippen LogP contribution in [0.3, 0.4) is 0 Å². The van der Waals surface area contributed by atoms with E-state index < -0.39 is 11.9 Å². The summed E-state index contributed by atoms with van der Waals surface area (Å²) in [7, 11) is 0. The van der Waals surface area contributed by atoms with Crippen LogP contribution in [0.1, 0.15) is 23.0 Å². The number of thioether (sulfide) groups is 1. The highest BCUT2D eigenvalue weighted by molar-refractivity contribution is 7.98. The lowest BCUT2D eigenvalue weighted by atomic mass is 9.99. The van der Waals surface area contributed by atoms with Crippen molar-refractivity contribution >= 4 is 23.6 Å². The van der Waals surface area contributed by atoms with Crippen LogP contribution in [0.25, 0.3) is 0 Å². The summed E-state index contributed by atoms with van der Waals surface area (Å²) in [6.07, 6.45) is 1.52. The molecule has 1 saturated heterocycles. The molecule has 5 nitrogen and oxygen atoms in total. The van der Waals surface area contributed by atoms with Gasteiger partial charge in [-0.15, -0.1) is 11.8 Å². The van der Waals surface area contributed by atoms with Crippen molar-refractivity contribution in [1.82, 2.24) is 4.90 Å². The van der Waals surface area contributed by atoms with Gasteiger partial charge in [-0.25, -0.2) is 0 Å². The third kappa shape index (κ3) is 3.48. The number of carboxylic acids is 1. The van der Waals surface area contributed by atoms with Crippen LogP contribution in [0.5, 0.6) is 0 Å². The number of carbonyl (C=O) groups excluding carboxylic acids is 1. The summed E-state index contributed by atoms with van der Waals surface area (Å²) in [5.41, 5.74) is 0.834. The van der Waals surface area contributed by atoms with Gasteiger partial charge in [-0.1, -0.05) is 25.1 Å². The van der Waals surface area contributed by atoms with Crippen molar-refractivity contribution in [1.29, 1.82) is 0 Å². The van der Waals surface area contributed by atoms with E-state index in [1.165, 1.54) is 6.26 Å². The van der Waals surface area contributed by atoms with Gasteiger partial charge < -0.3 is 14.4 Å². The fourth-order valence-electron chi connectivity index (χ4n) is 2.91. The number of likely N-dealkylation sites (tertiary alicyclic amines) is 1. The van der Waals surface area contributed by atoms with Crippen LogP contribution in [0.15, 0.2) is 52.0 Å². The predicted molar refractivity (Wildman–Crippen MR) is 90.9 cm³/mol. The Bertz CT molecular complexity index is 728. The first kappa shape index (κ1) is 16.6. The highest BCUT2D eigenvalue weighted by Crippen LogP contribution is 2.28. The number of rotatable bonds is 5. The summed E-state index contributed by atoms with van der Waals surface area (Å²) >= 11 is 1.63. The number of furan rings is 1. The fraction of sp³-hybridized carbons (Fsp3) is 0.333. The third-order valence-corrected chi connectivity index (χ3v) is 5.36. The predicted octanol–water partition coefficient (Wildman–Crippen LogP) is 3.36. The number of hydrogen-bond donors (Lipinski definition) is 1. The van der Waals surface area contributed by atoms with Crippen molar-refractivity contribution in [3.05, 3.63) is 54.0 Å². The molecule has 2 aromatic rings. The second-order valence-electron chi connectivity index (χ2n) is 6.01. The SMILES string of the molecule is C[C@@H]1CN(C(=O)c2occc2CSc2ccccc2)C[C@H]1C(=O)O. The van der Waals surface area contributed by atoms with E-state index in [1.807, 2.05) is 37.3 Å². The van der Waals surface area contributed by atoms with Crippen molar-refractivity contribution in [2.45, 2.75) is 17.6 Å². The summed E-state index contributed by atoms with van der Waals surface area (Å²) < 4.78 is 5.41. The highest BCUT2D eigenvalue weighted by Gasteiger charge is 2.38. The fourth-order valence-corrected chi connectivity index (χ4v) is 3.81. The van der Waals surface area contributed by atoms with Crippen LogP contribution in [0.4, 0.5) is 0 Å². The Morgan fingerprint density at radius 1 is 1.25 bits per heavy atom. The average molecular weight is 345 g/mol. The number of carboxylic acid groups (broad SMARTS) is 1. The zero-order valence-electron chi connectivity index (χ0n) is 13.3. The molecule has 1 N–H and O–H groups in total. The summed E-state index contributed by atoms with van der Waals surface area (Å²) in [6, 6.07) is 11.8. The Hall–Kier alpha value is -2.21. The van der Waals surface area contributed by atoms with Crippen LogP contribution in [0.2, 0.25) is 0 Å². The summed E-state index contributed by atoms with van der Waals surface area (Å²) in [5.74, 6) is -0.685. The molecule has 126 valence electrons. The van der Waals surface area contributed by atoms with Gasteiger partial charge in [-0.05, 0) is 24.1 Å². The molecule has 0 aliphatic carbocycles. The molecule has 1 fully saturated rings. The lowest BCUT2D eigenvalue weighted by Crippen LogP contribution is -2.30. The van der Waals surface area contributed by atoms with E-state index in [-0.39, 0.29) is 18.4 Å². The first-order chi connectivity index (χ1) is 11.6. The van der Waals surface area contributed by atoms with Gasteiger partial charge >= 0.3 is 5.97 Å². The molecule has 0 spiro atoms. The van der Waals surface area contributed by atoms with E-state index in [1.54, 1.807) is 22.7 Å². The maximum Gasteiger partial charge on any atom is 0.308 e. The van der Waals surface area contributed by atoms with Gasteiger partial charge in [0.15, 0.2) is 5.76 Å². The van der Waals surface area contributed by atoms with Gasteiger partial charge in [0.25, 0.3) is 5.91 Å². The number of amides is 1. The molecule has 1 aromatic heterocycles. The van der Waals surface area contributed by atoms with Crippen LogP contribution < -0.4 is 0 Å². The molecule has 1 aromatic carbocycles. The zero-order valence-corrected chi connectivity index (χ0v) is 14.2. The Kier molecular flexibility index (Phi) is 4.94. The van der Waals surface area contributed by atoms with E-state index in [0.717, 1.165) is 10.5 Å². The standard InChI is InChI=1S/C18H19NO4S/c1-12-9-19(10-15(12)18(21)22)17(20)16-13(7-8-23-16)11-24-14-5-3-2-4-6-14/h2-8,12,15H,9-11H2,1H3,(H,21,22)/t12-,15-/m1/s1. The Labute approximate surface area is 144 Å². The molecule has 0 bridgehead atoms. The van der Waals surface area contributed by atoms with E-state index in [4.69, 9.17) is 4.42 Å². The Balaban J connectivity index is 1.68. The van der Waals surface area contributed by atoms with Crippen molar-refractivity contribution in [2.75, 3.05) is 13.1 Å².